The van der Waals surface area contributed by atoms with Gasteiger partial charge in [-0.25, -0.2) is 4.79 Å². The largest absolute Gasteiger partial charge is 0.465 e. The van der Waals surface area contributed by atoms with Crippen LogP contribution < -0.4 is 5.32 Å². The zero-order chi connectivity index (χ0) is 20.3. The molecule has 148 valence electrons. The highest BCUT2D eigenvalue weighted by Gasteiger charge is 2.14. The Bertz CT molecular complexity index is 879. The van der Waals surface area contributed by atoms with E-state index in [1.165, 1.54) is 29.5 Å². The Morgan fingerprint density at radius 3 is 2.17 bits per heavy atom. The van der Waals surface area contributed by atoms with E-state index in [0.29, 0.717) is 12.3 Å². The zero-order valence-corrected chi connectivity index (χ0v) is 16.0. The summed E-state index contributed by atoms with van der Waals surface area (Å²) in [7, 11) is 0. The normalized spacial score (nSPS) is 10.9. The molecule has 0 aliphatic rings. The van der Waals surface area contributed by atoms with Crippen molar-refractivity contribution < 1.29 is 18.7 Å². The van der Waals surface area contributed by atoms with Crippen molar-refractivity contribution in [2.45, 2.75) is 12.3 Å². The third-order valence-corrected chi connectivity index (χ3v) is 4.43. The average Bonchev–Trinajstić information content (AvgIpc) is 3.29. The van der Waals surface area contributed by atoms with Gasteiger partial charge in [0.05, 0.1) is 6.26 Å². The minimum atomic E-state index is -0.594. The second-order valence-electron chi connectivity index (χ2n) is 6.47. The van der Waals surface area contributed by atoms with Gasteiger partial charge in [-0.15, -0.1) is 0 Å². The first kappa shape index (κ1) is 20.1. The first-order valence-electron chi connectivity index (χ1n) is 9.47. The maximum Gasteiger partial charge on any atom is 0.331 e. The number of esters is 1. The first-order chi connectivity index (χ1) is 14.2. The van der Waals surface area contributed by atoms with E-state index in [9.17, 15) is 9.59 Å². The van der Waals surface area contributed by atoms with E-state index in [2.05, 4.69) is 29.6 Å². The standard InChI is InChI=1S/C24H23NO4/c26-23(18-29-24(27)14-13-21-12-7-17-28-21)25-16-15-22(19-8-3-1-4-9-19)20-10-5-2-6-11-20/h1-14,17,22H,15-16,18H2,(H,25,26)/b14-13+. The number of hydrogen-bond acceptors (Lipinski definition) is 4. The molecule has 0 saturated heterocycles. The van der Waals surface area contributed by atoms with E-state index >= 15 is 0 Å². The summed E-state index contributed by atoms with van der Waals surface area (Å²) in [4.78, 5) is 23.7. The van der Waals surface area contributed by atoms with Gasteiger partial charge in [-0.1, -0.05) is 60.7 Å². The highest BCUT2D eigenvalue weighted by atomic mass is 16.5. The van der Waals surface area contributed by atoms with Crippen LogP contribution in [0.15, 0.2) is 89.6 Å². The van der Waals surface area contributed by atoms with E-state index in [1.54, 1.807) is 12.1 Å². The number of carbonyl (C=O) groups is 2. The Balaban J connectivity index is 1.47. The Morgan fingerprint density at radius 2 is 1.59 bits per heavy atom. The molecule has 1 heterocycles. The van der Waals surface area contributed by atoms with E-state index in [-0.39, 0.29) is 18.4 Å². The molecule has 0 spiro atoms. The van der Waals surface area contributed by atoms with Gasteiger partial charge in [-0.05, 0) is 35.8 Å². The van der Waals surface area contributed by atoms with Crippen LogP contribution in [-0.4, -0.2) is 25.0 Å². The summed E-state index contributed by atoms with van der Waals surface area (Å²) in [5.74, 6) is -0.205. The molecule has 0 unspecified atom stereocenters. The number of furan rings is 1. The van der Waals surface area contributed by atoms with Crippen molar-refractivity contribution in [2.75, 3.05) is 13.2 Å². The molecule has 0 saturated carbocycles. The van der Waals surface area contributed by atoms with Crippen molar-refractivity contribution in [1.29, 1.82) is 0 Å². The number of benzene rings is 2. The van der Waals surface area contributed by atoms with Gasteiger partial charge in [0.1, 0.15) is 5.76 Å². The van der Waals surface area contributed by atoms with E-state index in [4.69, 9.17) is 9.15 Å². The quantitative estimate of drug-likeness (QED) is 0.440. The lowest BCUT2D eigenvalue weighted by molar-refractivity contribution is -0.143. The Kier molecular flexibility index (Phi) is 7.41. The second-order valence-corrected chi connectivity index (χ2v) is 6.47. The van der Waals surface area contributed by atoms with Gasteiger partial charge in [0, 0.05) is 18.5 Å². The van der Waals surface area contributed by atoms with Crippen LogP contribution in [0.1, 0.15) is 29.2 Å². The van der Waals surface area contributed by atoms with Gasteiger partial charge >= 0.3 is 5.97 Å². The minimum Gasteiger partial charge on any atom is -0.465 e. The Hall–Kier alpha value is -3.60. The third kappa shape index (κ3) is 6.50. The Labute approximate surface area is 170 Å². The van der Waals surface area contributed by atoms with Crippen LogP contribution in [0.4, 0.5) is 0 Å². The molecule has 0 radical (unpaired) electrons. The lowest BCUT2D eigenvalue weighted by Crippen LogP contribution is -2.30. The highest BCUT2D eigenvalue weighted by molar-refractivity contribution is 5.88. The van der Waals surface area contributed by atoms with Gasteiger partial charge in [-0.3, -0.25) is 4.79 Å². The van der Waals surface area contributed by atoms with Crippen molar-refractivity contribution in [1.82, 2.24) is 5.32 Å². The van der Waals surface area contributed by atoms with E-state index in [0.717, 1.165) is 6.42 Å². The van der Waals surface area contributed by atoms with Crippen LogP contribution in [0, 0.1) is 0 Å². The SMILES string of the molecule is O=C(COC(=O)/C=C/c1ccco1)NCCC(c1ccccc1)c1ccccc1. The molecule has 1 aromatic heterocycles. The second kappa shape index (κ2) is 10.7. The number of amides is 1. The molecule has 0 bridgehead atoms. The maximum atomic E-state index is 12.0. The minimum absolute atomic E-state index is 0.177. The van der Waals surface area contributed by atoms with Crippen molar-refractivity contribution in [3.05, 3.63) is 102 Å². The molecule has 0 atom stereocenters. The Morgan fingerprint density at radius 1 is 0.931 bits per heavy atom. The van der Waals surface area contributed by atoms with Gasteiger partial charge in [-0.2, -0.15) is 0 Å². The molecule has 29 heavy (non-hydrogen) atoms. The molecule has 0 fully saturated rings. The van der Waals surface area contributed by atoms with Crippen LogP contribution in [0.5, 0.6) is 0 Å². The number of ether oxygens (including phenoxy) is 1. The number of hydrogen-bond donors (Lipinski definition) is 1. The fraction of sp³-hybridized carbons (Fsp3) is 0.167. The predicted octanol–water partition coefficient (Wildman–Crippen LogP) is 4.17. The topological polar surface area (TPSA) is 68.5 Å². The van der Waals surface area contributed by atoms with Crippen molar-refractivity contribution >= 4 is 18.0 Å². The molecule has 5 heteroatoms. The van der Waals surface area contributed by atoms with Crippen molar-refractivity contribution in [3.63, 3.8) is 0 Å². The lowest BCUT2D eigenvalue weighted by atomic mass is 9.88. The van der Waals surface area contributed by atoms with Gasteiger partial charge in [0.25, 0.3) is 5.91 Å². The summed E-state index contributed by atoms with van der Waals surface area (Å²) >= 11 is 0. The fourth-order valence-corrected chi connectivity index (χ4v) is 3.02. The molecular formula is C24H23NO4. The summed E-state index contributed by atoms with van der Waals surface area (Å²) in [6.07, 6.45) is 4.97. The molecule has 3 rings (SSSR count). The highest BCUT2D eigenvalue weighted by Crippen LogP contribution is 2.27. The van der Waals surface area contributed by atoms with E-state index in [1.807, 2.05) is 36.4 Å². The molecule has 2 aromatic carbocycles. The zero-order valence-electron chi connectivity index (χ0n) is 16.0. The molecule has 0 aliphatic heterocycles. The molecule has 3 aromatic rings. The van der Waals surface area contributed by atoms with E-state index < -0.39 is 5.97 Å². The molecule has 1 amide bonds. The number of nitrogens with one attached hydrogen (secondary N) is 1. The van der Waals surface area contributed by atoms with Gasteiger partial charge in [0.15, 0.2) is 6.61 Å². The summed E-state index contributed by atoms with van der Waals surface area (Å²) in [6.45, 7) is 0.162. The molecule has 0 aliphatic carbocycles. The third-order valence-electron chi connectivity index (χ3n) is 4.43. The van der Waals surface area contributed by atoms with Crippen molar-refractivity contribution in [2.24, 2.45) is 0 Å². The number of rotatable bonds is 9. The number of carbonyl (C=O) groups excluding carboxylic acids is 2. The predicted molar refractivity (Wildman–Crippen MR) is 111 cm³/mol. The van der Waals surface area contributed by atoms with Crippen LogP contribution in [0.25, 0.3) is 6.08 Å². The summed E-state index contributed by atoms with van der Waals surface area (Å²) < 4.78 is 10.0. The lowest BCUT2D eigenvalue weighted by Gasteiger charge is -2.18. The van der Waals surface area contributed by atoms with Gasteiger partial charge in [0.2, 0.25) is 0 Å². The first-order valence-corrected chi connectivity index (χ1v) is 9.47. The maximum absolute atomic E-state index is 12.0. The monoisotopic (exact) mass is 389 g/mol. The van der Waals surface area contributed by atoms with Crippen LogP contribution >= 0.6 is 0 Å². The summed E-state index contributed by atoms with van der Waals surface area (Å²) in [6, 6.07) is 23.8. The summed E-state index contributed by atoms with van der Waals surface area (Å²) in [5, 5.41) is 2.82. The van der Waals surface area contributed by atoms with Crippen molar-refractivity contribution in [3.8, 4) is 0 Å². The average molecular weight is 389 g/mol. The smallest absolute Gasteiger partial charge is 0.331 e. The van der Waals surface area contributed by atoms with Crippen LogP contribution in [0.3, 0.4) is 0 Å². The van der Waals surface area contributed by atoms with Crippen LogP contribution in [-0.2, 0) is 14.3 Å². The summed E-state index contributed by atoms with van der Waals surface area (Å²) in [5.41, 5.74) is 2.39. The molecule has 1 N–H and O–H groups in total. The fourth-order valence-electron chi connectivity index (χ4n) is 3.02. The molecular weight excluding hydrogens is 366 g/mol. The van der Waals surface area contributed by atoms with Crippen LogP contribution in [0.2, 0.25) is 0 Å². The van der Waals surface area contributed by atoms with Gasteiger partial charge < -0.3 is 14.5 Å². The molecule has 5 nitrogen and oxygen atoms in total.